The van der Waals surface area contributed by atoms with Gasteiger partial charge in [-0.1, -0.05) is 60.7 Å². The quantitative estimate of drug-likeness (QED) is 0.920. The molecule has 3 nitrogen and oxygen atoms in total. The Kier molecular flexibility index (Phi) is 5.81. The van der Waals surface area contributed by atoms with E-state index >= 15 is 0 Å². The third-order valence-electron chi connectivity index (χ3n) is 4.69. The second-order valence-corrected chi connectivity index (χ2v) is 6.34. The molecule has 3 rings (SSSR count). The summed E-state index contributed by atoms with van der Waals surface area (Å²) in [7, 11) is 0. The predicted molar refractivity (Wildman–Crippen MR) is 94.1 cm³/mol. The van der Waals surface area contributed by atoms with Gasteiger partial charge in [0.15, 0.2) is 0 Å². The Hall–Kier alpha value is -1.68. The molecule has 1 atom stereocenters. The zero-order chi connectivity index (χ0) is 15.9. The van der Waals surface area contributed by atoms with Gasteiger partial charge in [0.2, 0.25) is 0 Å². The summed E-state index contributed by atoms with van der Waals surface area (Å²) in [5.74, 6) is 0. The molecule has 2 aromatic rings. The summed E-state index contributed by atoms with van der Waals surface area (Å²) in [6.07, 6.45) is 1.02. The molecule has 3 heteroatoms. The Morgan fingerprint density at radius 3 is 2.00 bits per heavy atom. The van der Waals surface area contributed by atoms with Crippen molar-refractivity contribution in [3.05, 3.63) is 71.8 Å². The van der Waals surface area contributed by atoms with Crippen LogP contribution in [0.5, 0.6) is 0 Å². The van der Waals surface area contributed by atoms with Gasteiger partial charge in [0, 0.05) is 38.8 Å². The number of benzene rings is 2. The Labute approximate surface area is 139 Å². The number of nitrogens with zero attached hydrogens (tertiary/aromatic N) is 2. The van der Waals surface area contributed by atoms with Crippen LogP contribution in [0.4, 0.5) is 0 Å². The molecular weight excluding hydrogens is 284 g/mol. The van der Waals surface area contributed by atoms with Gasteiger partial charge >= 0.3 is 0 Å². The Morgan fingerprint density at radius 2 is 1.39 bits per heavy atom. The zero-order valence-corrected chi connectivity index (χ0v) is 13.6. The van der Waals surface area contributed by atoms with Gasteiger partial charge in [-0.25, -0.2) is 0 Å². The van der Waals surface area contributed by atoms with Gasteiger partial charge in [0.1, 0.15) is 0 Å². The minimum Gasteiger partial charge on any atom is -0.395 e. The molecule has 0 unspecified atom stereocenters. The van der Waals surface area contributed by atoms with E-state index in [4.69, 9.17) is 0 Å². The van der Waals surface area contributed by atoms with Crippen molar-refractivity contribution in [1.82, 2.24) is 9.80 Å². The van der Waals surface area contributed by atoms with Crippen molar-refractivity contribution < 1.29 is 5.11 Å². The van der Waals surface area contributed by atoms with Crippen molar-refractivity contribution in [1.29, 1.82) is 0 Å². The monoisotopic (exact) mass is 310 g/mol. The summed E-state index contributed by atoms with van der Waals surface area (Å²) in [5.41, 5.74) is 2.69. The molecule has 0 aromatic heterocycles. The van der Waals surface area contributed by atoms with E-state index in [1.807, 2.05) is 0 Å². The van der Waals surface area contributed by atoms with Gasteiger partial charge in [0.05, 0.1) is 6.61 Å². The highest BCUT2D eigenvalue weighted by atomic mass is 16.3. The van der Waals surface area contributed by atoms with Crippen molar-refractivity contribution in [3.8, 4) is 0 Å². The Morgan fingerprint density at radius 1 is 0.783 bits per heavy atom. The maximum absolute atomic E-state index is 9.78. The minimum absolute atomic E-state index is 0.242. The second-order valence-electron chi connectivity index (χ2n) is 6.34. The third kappa shape index (κ3) is 4.64. The molecule has 0 spiro atoms. The smallest absolute Gasteiger partial charge is 0.0587 e. The molecule has 1 heterocycles. The molecule has 1 fully saturated rings. The summed E-state index contributed by atoms with van der Waals surface area (Å²) in [6.45, 7) is 5.27. The first kappa shape index (κ1) is 16.2. The van der Waals surface area contributed by atoms with Gasteiger partial charge in [-0.2, -0.15) is 0 Å². The average molecular weight is 310 g/mol. The predicted octanol–water partition coefficient (Wildman–Crippen LogP) is 2.76. The van der Waals surface area contributed by atoms with Crippen LogP contribution in [0.3, 0.4) is 0 Å². The molecule has 1 N–H and O–H groups in total. The molecule has 1 saturated heterocycles. The number of hydrogen-bond donors (Lipinski definition) is 1. The van der Waals surface area contributed by atoms with Gasteiger partial charge in [0.25, 0.3) is 0 Å². The van der Waals surface area contributed by atoms with E-state index in [0.29, 0.717) is 0 Å². The van der Waals surface area contributed by atoms with Gasteiger partial charge in [-0.15, -0.1) is 0 Å². The third-order valence-corrected chi connectivity index (χ3v) is 4.69. The van der Waals surface area contributed by atoms with Gasteiger partial charge < -0.3 is 5.11 Å². The summed E-state index contributed by atoms with van der Waals surface area (Å²) < 4.78 is 0. The maximum Gasteiger partial charge on any atom is 0.0587 e. The number of hydrogen-bond acceptors (Lipinski definition) is 3. The Balaban J connectivity index is 1.62. The first-order valence-electron chi connectivity index (χ1n) is 8.50. The van der Waals surface area contributed by atoms with E-state index in [2.05, 4.69) is 70.5 Å². The molecule has 2 aromatic carbocycles. The van der Waals surface area contributed by atoms with E-state index in [1.54, 1.807) is 0 Å². The highest BCUT2D eigenvalue weighted by molar-refractivity contribution is 5.15. The minimum atomic E-state index is 0.242. The molecule has 0 bridgehead atoms. The van der Waals surface area contributed by atoms with Crippen LogP contribution >= 0.6 is 0 Å². The lowest BCUT2D eigenvalue weighted by atomic mass is 10.1. The fraction of sp³-hybridized carbons (Fsp3) is 0.400. The van der Waals surface area contributed by atoms with Crippen molar-refractivity contribution in [2.24, 2.45) is 0 Å². The highest BCUT2D eigenvalue weighted by Gasteiger charge is 2.23. The van der Waals surface area contributed by atoms with E-state index in [9.17, 15) is 5.11 Å². The topological polar surface area (TPSA) is 26.7 Å². The van der Waals surface area contributed by atoms with E-state index in [-0.39, 0.29) is 12.6 Å². The Bertz CT molecular complexity index is 573. The SMILES string of the molecule is OC[C@@H]1CCN(Cc2ccccc2)CCN1Cc1ccccc1. The lowest BCUT2D eigenvalue weighted by Gasteiger charge is -2.28. The normalized spacial score (nSPS) is 20.3. The van der Waals surface area contributed by atoms with Crippen LogP contribution in [0.1, 0.15) is 17.5 Å². The number of rotatable bonds is 5. The summed E-state index contributed by atoms with van der Waals surface area (Å²) in [6, 6.07) is 21.5. The largest absolute Gasteiger partial charge is 0.395 e. The van der Waals surface area contributed by atoms with Crippen LogP contribution in [-0.4, -0.2) is 47.2 Å². The molecule has 0 amide bonds. The standard InChI is InChI=1S/C20H26N2O/c23-17-20-11-12-21(15-18-7-3-1-4-8-18)13-14-22(20)16-19-9-5-2-6-10-19/h1-10,20,23H,11-17H2/t20-/m0/s1. The van der Waals surface area contributed by atoms with Crippen molar-refractivity contribution in [2.45, 2.75) is 25.6 Å². The molecular formula is C20H26N2O. The molecule has 0 aliphatic carbocycles. The van der Waals surface area contributed by atoms with Crippen LogP contribution < -0.4 is 0 Å². The fourth-order valence-corrected chi connectivity index (χ4v) is 3.31. The van der Waals surface area contributed by atoms with E-state index in [0.717, 1.165) is 39.1 Å². The van der Waals surface area contributed by atoms with Crippen LogP contribution in [0, 0.1) is 0 Å². The second kappa shape index (κ2) is 8.25. The molecule has 23 heavy (non-hydrogen) atoms. The lowest BCUT2D eigenvalue weighted by molar-refractivity contribution is 0.122. The van der Waals surface area contributed by atoms with Crippen molar-refractivity contribution >= 4 is 0 Å². The summed E-state index contributed by atoms with van der Waals surface area (Å²) >= 11 is 0. The van der Waals surface area contributed by atoms with Crippen LogP contribution in [0.2, 0.25) is 0 Å². The zero-order valence-electron chi connectivity index (χ0n) is 13.6. The molecule has 1 aliphatic heterocycles. The highest BCUT2D eigenvalue weighted by Crippen LogP contribution is 2.16. The van der Waals surface area contributed by atoms with Crippen LogP contribution in [0.15, 0.2) is 60.7 Å². The van der Waals surface area contributed by atoms with Crippen molar-refractivity contribution in [3.63, 3.8) is 0 Å². The van der Waals surface area contributed by atoms with Crippen LogP contribution in [-0.2, 0) is 13.1 Å². The van der Waals surface area contributed by atoms with Gasteiger partial charge in [-0.3, -0.25) is 9.80 Å². The molecule has 122 valence electrons. The van der Waals surface area contributed by atoms with Crippen LogP contribution in [0.25, 0.3) is 0 Å². The summed E-state index contributed by atoms with van der Waals surface area (Å²) in [4.78, 5) is 4.93. The van der Waals surface area contributed by atoms with Crippen molar-refractivity contribution in [2.75, 3.05) is 26.2 Å². The first-order chi connectivity index (χ1) is 11.3. The van der Waals surface area contributed by atoms with E-state index in [1.165, 1.54) is 11.1 Å². The average Bonchev–Trinajstić information content (AvgIpc) is 2.79. The van der Waals surface area contributed by atoms with E-state index < -0.39 is 0 Å². The fourth-order valence-electron chi connectivity index (χ4n) is 3.31. The first-order valence-corrected chi connectivity index (χ1v) is 8.50. The van der Waals surface area contributed by atoms with Gasteiger partial charge in [-0.05, 0) is 17.5 Å². The number of aliphatic hydroxyl groups is 1. The molecule has 0 saturated carbocycles. The summed E-state index contributed by atoms with van der Waals surface area (Å²) in [5, 5.41) is 9.78. The molecule has 1 aliphatic rings. The molecule has 0 radical (unpaired) electrons. The maximum atomic E-state index is 9.78. The lowest BCUT2D eigenvalue weighted by Crippen LogP contribution is -2.38. The number of aliphatic hydroxyl groups excluding tert-OH is 1.